The van der Waals surface area contributed by atoms with Gasteiger partial charge in [0.15, 0.2) is 0 Å². The molecule has 250 valence electrons. The van der Waals surface area contributed by atoms with Crippen molar-refractivity contribution in [1.29, 1.82) is 0 Å². The number of thioether (sulfide) groups is 1. The molecule has 0 bridgehead atoms. The van der Waals surface area contributed by atoms with Gasteiger partial charge in [-0.25, -0.2) is 0 Å². The van der Waals surface area contributed by atoms with E-state index in [0.29, 0.717) is 6.54 Å². The molecule has 0 saturated heterocycles. The molecule has 1 atom stereocenters. The summed E-state index contributed by atoms with van der Waals surface area (Å²) in [5.74, 6) is -0.354. The monoisotopic (exact) mass is 632 g/mol. The molecule has 0 saturated carbocycles. The van der Waals surface area contributed by atoms with E-state index in [-0.39, 0.29) is 31.9 Å². The topological polar surface area (TPSA) is 105 Å². The predicted octanol–water partition coefficient (Wildman–Crippen LogP) is 7.41. The highest BCUT2D eigenvalue weighted by Crippen LogP contribution is 2.21. The second kappa shape index (κ2) is 31.6. The van der Waals surface area contributed by atoms with Crippen LogP contribution in [0.2, 0.25) is 0 Å². The van der Waals surface area contributed by atoms with E-state index in [1.807, 2.05) is 18.4 Å². The van der Waals surface area contributed by atoms with Gasteiger partial charge >= 0.3 is 5.97 Å². The van der Waals surface area contributed by atoms with Crippen molar-refractivity contribution >= 4 is 29.5 Å². The van der Waals surface area contributed by atoms with Crippen molar-refractivity contribution in [2.75, 3.05) is 31.7 Å². The number of aliphatic hydroxyl groups excluding tert-OH is 1. The van der Waals surface area contributed by atoms with Crippen LogP contribution in [0.15, 0.2) is 72.9 Å². The molecule has 0 aliphatic heterocycles. The van der Waals surface area contributed by atoms with Gasteiger partial charge in [0.25, 0.3) is 0 Å². The molecule has 8 heteroatoms. The predicted molar refractivity (Wildman–Crippen MR) is 189 cm³/mol. The Kier molecular flexibility index (Phi) is 31.1. The molecule has 44 heavy (non-hydrogen) atoms. The summed E-state index contributed by atoms with van der Waals surface area (Å²) in [5, 5.41) is 15.7. The van der Waals surface area contributed by atoms with Gasteiger partial charge in [0.1, 0.15) is 6.10 Å². The first-order valence-electron chi connectivity index (χ1n) is 15.9. The van der Waals surface area contributed by atoms with Crippen LogP contribution in [0.25, 0.3) is 0 Å². The highest BCUT2D eigenvalue weighted by atomic mass is 32.2. The Hall–Kier alpha value is -2.84. The van der Waals surface area contributed by atoms with E-state index in [2.05, 4.69) is 86.1 Å². The van der Waals surface area contributed by atoms with Gasteiger partial charge in [-0.15, -0.1) is 0 Å². The van der Waals surface area contributed by atoms with Crippen molar-refractivity contribution < 1.29 is 24.2 Å². The molecule has 0 heterocycles. The fraction of sp³-hybridized carbons (Fsp3) is 0.583. The summed E-state index contributed by atoms with van der Waals surface area (Å²) in [6, 6.07) is 0. The molecule has 0 aromatic heterocycles. The lowest BCUT2D eigenvalue weighted by atomic mass is 9.87. The van der Waals surface area contributed by atoms with Crippen LogP contribution in [-0.2, 0) is 19.1 Å². The lowest BCUT2D eigenvalue weighted by molar-refractivity contribution is -0.152. The average Bonchev–Trinajstić information content (AvgIpc) is 2.99. The van der Waals surface area contributed by atoms with E-state index >= 15 is 0 Å². The van der Waals surface area contributed by atoms with Gasteiger partial charge in [0.2, 0.25) is 11.8 Å². The molecular formula is C36H60N2O5S. The molecule has 0 rings (SSSR count). The molecule has 0 radical (unpaired) electrons. The molecule has 0 unspecified atom stereocenters. The molecule has 0 aliphatic rings. The largest absolute Gasteiger partial charge is 0.465 e. The zero-order chi connectivity index (χ0) is 33.3. The van der Waals surface area contributed by atoms with Crippen LogP contribution >= 0.6 is 11.8 Å². The molecule has 0 aliphatic carbocycles. The Bertz CT molecular complexity index is 919. The molecule has 7 nitrogen and oxygen atoms in total. The minimum Gasteiger partial charge on any atom is -0.465 e. The van der Waals surface area contributed by atoms with E-state index in [4.69, 9.17) is 4.74 Å². The molecule has 0 spiro atoms. The Balaban J connectivity index is 0. The Labute approximate surface area is 272 Å². The SMILES string of the molecule is CC/C=C\C/C=C\C/C=C\C/C=C\C/C=C\C/C=C\CC(=O)OCC(C)(C)[C@@H](O)C(=O)NCCC(=O)NCCSC.CCC. The van der Waals surface area contributed by atoms with Crippen molar-refractivity contribution in [3.63, 3.8) is 0 Å². The normalized spacial score (nSPS) is 12.9. The van der Waals surface area contributed by atoms with E-state index < -0.39 is 23.4 Å². The number of hydrogen-bond donors (Lipinski definition) is 3. The van der Waals surface area contributed by atoms with E-state index in [0.717, 1.165) is 44.3 Å². The Morgan fingerprint density at radius 3 is 1.66 bits per heavy atom. The first kappa shape index (κ1) is 43.3. The van der Waals surface area contributed by atoms with E-state index in [1.54, 1.807) is 31.7 Å². The standard InChI is InChI=1S/C33H52N2O5S.C3H8/c1-5-6-7-8-9-10-11-12-13-14-15-16-17-18-19-20-21-22-23-30(37)40-28-33(2,3)31(38)32(39)35-25-24-29(36)34-26-27-41-4;1-3-2/h6-7,9-10,12-13,15-16,18-19,21-22,31,38H,5,8,11,14,17,20,23-28H2,1-4H3,(H,34,36)(H,35,39);3H2,1-2H3/b7-6-,10-9-,13-12-,16-15-,19-18-,22-21-;/t31-;/m0./s1. The highest BCUT2D eigenvalue weighted by Gasteiger charge is 2.34. The quantitative estimate of drug-likeness (QED) is 0.0616. The average molecular weight is 633 g/mol. The van der Waals surface area contributed by atoms with Gasteiger partial charge in [-0.2, -0.15) is 11.8 Å². The number of amides is 2. The van der Waals surface area contributed by atoms with Gasteiger partial charge in [-0.05, 0) is 44.8 Å². The Morgan fingerprint density at radius 1 is 0.750 bits per heavy atom. The zero-order valence-corrected chi connectivity index (χ0v) is 29.0. The Morgan fingerprint density at radius 2 is 1.20 bits per heavy atom. The van der Waals surface area contributed by atoms with Crippen LogP contribution in [0.4, 0.5) is 0 Å². The number of aliphatic hydroxyl groups is 1. The third-order valence-electron chi connectivity index (χ3n) is 5.75. The molecule has 0 aromatic rings. The van der Waals surface area contributed by atoms with E-state index in [9.17, 15) is 19.5 Å². The summed E-state index contributed by atoms with van der Waals surface area (Å²) in [7, 11) is 0. The van der Waals surface area contributed by atoms with Crippen LogP contribution in [0.3, 0.4) is 0 Å². The van der Waals surface area contributed by atoms with Gasteiger partial charge in [0.05, 0.1) is 13.0 Å². The van der Waals surface area contributed by atoms with Crippen molar-refractivity contribution in [3.05, 3.63) is 72.9 Å². The fourth-order valence-electron chi connectivity index (χ4n) is 3.24. The lowest BCUT2D eigenvalue weighted by Gasteiger charge is -2.28. The molecule has 2 amide bonds. The number of esters is 1. The number of ether oxygens (including phenoxy) is 1. The van der Waals surface area contributed by atoms with Crippen molar-refractivity contribution in [2.45, 2.75) is 98.5 Å². The molecule has 0 fully saturated rings. The van der Waals surface area contributed by atoms with Gasteiger partial charge < -0.3 is 20.5 Å². The highest BCUT2D eigenvalue weighted by molar-refractivity contribution is 7.98. The third kappa shape index (κ3) is 29.2. The number of carbonyl (C=O) groups is 3. The summed E-state index contributed by atoms with van der Waals surface area (Å²) < 4.78 is 5.27. The van der Waals surface area contributed by atoms with Gasteiger partial charge in [-0.3, -0.25) is 14.4 Å². The van der Waals surface area contributed by atoms with Crippen LogP contribution in [0.1, 0.15) is 92.4 Å². The fourth-order valence-corrected chi connectivity index (χ4v) is 3.54. The summed E-state index contributed by atoms with van der Waals surface area (Å²) in [6.07, 6.45) is 32.8. The summed E-state index contributed by atoms with van der Waals surface area (Å²) in [4.78, 5) is 36.0. The molecule has 3 N–H and O–H groups in total. The molecule has 0 aromatic carbocycles. The maximum absolute atomic E-state index is 12.3. The maximum atomic E-state index is 12.3. The minimum absolute atomic E-state index is 0.0990. The van der Waals surface area contributed by atoms with Crippen LogP contribution in [0.5, 0.6) is 0 Å². The lowest BCUT2D eigenvalue weighted by Crippen LogP contribution is -2.47. The minimum atomic E-state index is -1.37. The second-order valence-corrected chi connectivity index (χ2v) is 11.7. The number of carbonyl (C=O) groups excluding carboxylic acids is 3. The van der Waals surface area contributed by atoms with E-state index in [1.165, 1.54) is 6.42 Å². The number of allylic oxidation sites excluding steroid dienone is 11. The number of nitrogens with one attached hydrogen (secondary N) is 2. The van der Waals surface area contributed by atoms with Gasteiger partial charge in [0, 0.05) is 30.7 Å². The summed E-state index contributed by atoms with van der Waals surface area (Å²) in [5.41, 5.74) is -0.973. The van der Waals surface area contributed by atoms with Crippen LogP contribution < -0.4 is 10.6 Å². The number of hydrogen-bond acceptors (Lipinski definition) is 6. The molecular weight excluding hydrogens is 572 g/mol. The number of rotatable bonds is 23. The van der Waals surface area contributed by atoms with Crippen molar-refractivity contribution in [1.82, 2.24) is 10.6 Å². The zero-order valence-electron chi connectivity index (χ0n) is 28.2. The first-order chi connectivity index (χ1) is 21.2. The van der Waals surface area contributed by atoms with Gasteiger partial charge in [-0.1, -0.05) is 114 Å². The van der Waals surface area contributed by atoms with Crippen LogP contribution in [0, 0.1) is 5.41 Å². The smallest absolute Gasteiger partial charge is 0.309 e. The summed E-state index contributed by atoms with van der Waals surface area (Å²) in [6.45, 7) is 10.3. The maximum Gasteiger partial charge on any atom is 0.309 e. The van der Waals surface area contributed by atoms with Crippen LogP contribution in [-0.4, -0.2) is 60.7 Å². The second-order valence-electron chi connectivity index (χ2n) is 10.8. The summed E-state index contributed by atoms with van der Waals surface area (Å²) >= 11 is 1.63. The van der Waals surface area contributed by atoms with Crippen molar-refractivity contribution in [2.24, 2.45) is 5.41 Å². The first-order valence-corrected chi connectivity index (χ1v) is 17.3. The van der Waals surface area contributed by atoms with Crippen molar-refractivity contribution in [3.8, 4) is 0 Å². The third-order valence-corrected chi connectivity index (χ3v) is 6.37.